The fourth-order valence-corrected chi connectivity index (χ4v) is 2.22. The monoisotopic (exact) mass is 199 g/mol. The van der Waals surface area contributed by atoms with Crippen LogP contribution in [0, 0.1) is 0 Å². The summed E-state index contributed by atoms with van der Waals surface area (Å²) in [4.78, 5) is 0. The van der Waals surface area contributed by atoms with Gasteiger partial charge in [0, 0.05) is 17.4 Å². The van der Waals surface area contributed by atoms with Gasteiger partial charge in [0.2, 0.25) is 0 Å². The predicted octanol–water partition coefficient (Wildman–Crippen LogP) is 2.68. The Morgan fingerprint density at radius 2 is 2.46 bits per heavy atom. The molecule has 74 valence electrons. The Kier molecular flexibility index (Phi) is 5.01. The fraction of sp³-hybridized carbons (Fsp3) is 0.600. The van der Waals surface area contributed by atoms with Gasteiger partial charge >= 0.3 is 0 Å². The van der Waals surface area contributed by atoms with Crippen molar-refractivity contribution in [2.45, 2.75) is 19.4 Å². The number of thioether (sulfide) groups is 1. The Morgan fingerprint density at radius 1 is 1.62 bits per heavy atom. The lowest BCUT2D eigenvalue weighted by Crippen LogP contribution is -2.18. The van der Waals surface area contributed by atoms with Crippen LogP contribution < -0.4 is 5.32 Å². The molecule has 0 radical (unpaired) electrons. The fourth-order valence-electron chi connectivity index (χ4n) is 1.17. The first-order chi connectivity index (χ1) is 6.38. The molecular formula is C10H17NOS. The van der Waals surface area contributed by atoms with Crippen LogP contribution in [0.25, 0.3) is 0 Å². The van der Waals surface area contributed by atoms with Gasteiger partial charge in [0.25, 0.3) is 0 Å². The number of hydrogen-bond acceptors (Lipinski definition) is 3. The van der Waals surface area contributed by atoms with Gasteiger partial charge in [-0.05, 0) is 25.3 Å². The summed E-state index contributed by atoms with van der Waals surface area (Å²) in [7, 11) is 1.99. The van der Waals surface area contributed by atoms with E-state index in [2.05, 4.69) is 12.2 Å². The smallest absolute Gasteiger partial charge is 0.0950 e. The highest BCUT2D eigenvalue weighted by Crippen LogP contribution is 2.18. The first-order valence-electron chi connectivity index (χ1n) is 4.65. The van der Waals surface area contributed by atoms with Crippen molar-refractivity contribution in [1.29, 1.82) is 0 Å². The van der Waals surface area contributed by atoms with Gasteiger partial charge in [-0.3, -0.25) is 0 Å². The highest BCUT2D eigenvalue weighted by atomic mass is 32.2. The van der Waals surface area contributed by atoms with Crippen molar-refractivity contribution in [3.63, 3.8) is 0 Å². The molecule has 0 saturated heterocycles. The molecule has 2 nitrogen and oxygen atoms in total. The molecule has 0 aromatic carbocycles. The normalized spacial score (nSPS) is 13.1. The van der Waals surface area contributed by atoms with Crippen LogP contribution in [0.2, 0.25) is 0 Å². The summed E-state index contributed by atoms with van der Waals surface area (Å²) < 4.78 is 5.05. The van der Waals surface area contributed by atoms with Crippen LogP contribution in [0.4, 0.5) is 0 Å². The minimum atomic E-state index is 0.426. The second-order valence-electron chi connectivity index (χ2n) is 2.97. The van der Waals surface area contributed by atoms with Gasteiger partial charge < -0.3 is 9.73 Å². The highest BCUT2D eigenvalue weighted by molar-refractivity contribution is 7.99. The van der Waals surface area contributed by atoms with Gasteiger partial charge in [0.1, 0.15) is 0 Å². The van der Waals surface area contributed by atoms with Crippen LogP contribution in [-0.4, -0.2) is 18.6 Å². The number of nitrogens with one attached hydrogen (secondary N) is 1. The van der Waals surface area contributed by atoms with E-state index in [1.807, 2.05) is 31.1 Å². The molecule has 0 spiro atoms. The molecule has 0 aliphatic rings. The van der Waals surface area contributed by atoms with Crippen molar-refractivity contribution in [2.75, 3.05) is 18.6 Å². The van der Waals surface area contributed by atoms with Crippen molar-refractivity contribution < 1.29 is 4.42 Å². The quantitative estimate of drug-likeness (QED) is 0.713. The van der Waals surface area contributed by atoms with E-state index in [9.17, 15) is 0 Å². The first-order valence-corrected chi connectivity index (χ1v) is 5.81. The second-order valence-corrected chi connectivity index (χ2v) is 4.12. The van der Waals surface area contributed by atoms with Crippen LogP contribution in [0.3, 0.4) is 0 Å². The standard InChI is InChI=1S/C10H17NOS/c1-3-6-13-8-10(11-2)9-4-5-12-7-9/h4-5,7,10-11H,3,6,8H2,1-2H3. The van der Waals surface area contributed by atoms with Crippen LogP contribution in [-0.2, 0) is 0 Å². The summed E-state index contributed by atoms with van der Waals surface area (Å²) in [6.45, 7) is 2.21. The maximum atomic E-state index is 5.05. The molecule has 1 atom stereocenters. The van der Waals surface area contributed by atoms with E-state index in [0.717, 1.165) is 5.75 Å². The third-order valence-corrected chi connectivity index (χ3v) is 3.19. The highest BCUT2D eigenvalue weighted by Gasteiger charge is 2.09. The van der Waals surface area contributed by atoms with E-state index in [1.54, 1.807) is 6.26 Å². The van der Waals surface area contributed by atoms with Gasteiger partial charge in [-0.1, -0.05) is 6.92 Å². The zero-order chi connectivity index (χ0) is 9.52. The number of rotatable bonds is 6. The van der Waals surface area contributed by atoms with E-state index in [-0.39, 0.29) is 0 Å². The molecule has 0 amide bonds. The molecule has 1 aromatic heterocycles. The van der Waals surface area contributed by atoms with Crippen LogP contribution in [0.5, 0.6) is 0 Å². The lowest BCUT2D eigenvalue weighted by molar-refractivity contribution is 0.555. The molecule has 1 aromatic rings. The Hall–Kier alpha value is -0.410. The predicted molar refractivity (Wildman–Crippen MR) is 58.1 cm³/mol. The summed E-state index contributed by atoms with van der Waals surface area (Å²) in [5.41, 5.74) is 1.24. The zero-order valence-electron chi connectivity index (χ0n) is 8.25. The van der Waals surface area contributed by atoms with Gasteiger partial charge in [-0.25, -0.2) is 0 Å². The number of furan rings is 1. The van der Waals surface area contributed by atoms with Gasteiger partial charge in [0.15, 0.2) is 0 Å². The summed E-state index contributed by atoms with van der Waals surface area (Å²) in [5, 5.41) is 3.28. The lowest BCUT2D eigenvalue weighted by atomic mass is 10.2. The average Bonchev–Trinajstić information content (AvgIpc) is 2.65. The van der Waals surface area contributed by atoms with E-state index in [0.29, 0.717) is 6.04 Å². The van der Waals surface area contributed by atoms with Crippen LogP contribution in [0.15, 0.2) is 23.0 Å². The zero-order valence-corrected chi connectivity index (χ0v) is 9.06. The summed E-state index contributed by atoms with van der Waals surface area (Å²) in [6, 6.07) is 2.45. The minimum Gasteiger partial charge on any atom is -0.472 e. The molecule has 0 fully saturated rings. The largest absolute Gasteiger partial charge is 0.472 e. The Labute approximate surface area is 84.1 Å². The summed E-state index contributed by atoms with van der Waals surface area (Å²) in [5.74, 6) is 2.35. The van der Waals surface area contributed by atoms with Crippen molar-refractivity contribution in [3.05, 3.63) is 24.2 Å². The van der Waals surface area contributed by atoms with Crippen molar-refractivity contribution in [2.24, 2.45) is 0 Å². The van der Waals surface area contributed by atoms with Gasteiger partial charge in [-0.2, -0.15) is 11.8 Å². The molecule has 3 heteroatoms. The maximum Gasteiger partial charge on any atom is 0.0950 e. The molecule has 1 rings (SSSR count). The second kappa shape index (κ2) is 6.11. The van der Waals surface area contributed by atoms with Gasteiger partial charge in [-0.15, -0.1) is 0 Å². The lowest BCUT2D eigenvalue weighted by Gasteiger charge is -2.13. The molecule has 0 bridgehead atoms. The van der Waals surface area contributed by atoms with Crippen LogP contribution >= 0.6 is 11.8 Å². The van der Waals surface area contributed by atoms with Crippen molar-refractivity contribution in [3.8, 4) is 0 Å². The minimum absolute atomic E-state index is 0.426. The molecule has 1 N–H and O–H groups in total. The number of hydrogen-bond donors (Lipinski definition) is 1. The molecule has 0 aliphatic heterocycles. The molecular weight excluding hydrogens is 182 g/mol. The Morgan fingerprint density at radius 3 is 3.00 bits per heavy atom. The van der Waals surface area contributed by atoms with E-state index in [4.69, 9.17) is 4.42 Å². The summed E-state index contributed by atoms with van der Waals surface area (Å²) >= 11 is 1.98. The van der Waals surface area contributed by atoms with Gasteiger partial charge in [0.05, 0.1) is 12.5 Å². The molecule has 0 saturated carbocycles. The van der Waals surface area contributed by atoms with Crippen molar-refractivity contribution >= 4 is 11.8 Å². The Bertz CT molecular complexity index is 211. The van der Waals surface area contributed by atoms with Crippen LogP contribution in [0.1, 0.15) is 24.9 Å². The molecule has 1 heterocycles. The average molecular weight is 199 g/mol. The molecule has 1 unspecified atom stereocenters. The molecule has 0 aliphatic carbocycles. The Balaban J connectivity index is 2.35. The first kappa shape index (κ1) is 10.7. The molecule has 13 heavy (non-hydrogen) atoms. The third-order valence-electron chi connectivity index (χ3n) is 1.93. The van der Waals surface area contributed by atoms with Crippen molar-refractivity contribution in [1.82, 2.24) is 5.32 Å². The topological polar surface area (TPSA) is 25.2 Å². The van der Waals surface area contributed by atoms with E-state index < -0.39 is 0 Å². The summed E-state index contributed by atoms with van der Waals surface area (Å²) in [6.07, 6.45) is 4.78. The SMILES string of the molecule is CCCSCC(NC)c1ccoc1. The van der Waals surface area contributed by atoms with E-state index >= 15 is 0 Å². The van der Waals surface area contributed by atoms with E-state index in [1.165, 1.54) is 17.7 Å². The maximum absolute atomic E-state index is 5.05. The third kappa shape index (κ3) is 3.44.